The van der Waals surface area contributed by atoms with Crippen LogP contribution in [0.25, 0.3) is 10.2 Å². The van der Waals surface area contributed by atoms with E-state index in [1.807, 2.05) is 44.3 Å². The molecule has 0 aliphatic heterocycles. The molecule has 10 nitrogen and oxygen atoms in total. The third kappa shape index (κ3) is 5.80. The molecular formula is C34H37N7O3S2. The molecule has 12 heteroatoms. The Kier molecular flexibility index (Phi) is 7.90. The highest BCUT2D eigenvalue weighted by molar-refractivity contribution is 7.22. The van der Waals surface area contributed by atoms with Crippen LogP contribution in [0.5, 0.6) is 5.75 Å². The number of fused-ring (bicyclic) bond motifs is 1. The van der Waals surface area contributed by atoms with Gasteiger partial charge in [-0.1, -0.05) is 35.6 Å². The number of hydrogen-bond donors (Lipinski definition) is 2. The molecule has 0 spiro atoms. The number of nitrogens with zero attached hydrogens (tertiary/aromatic N) is 6. The summed E-state index contributed by atoms with van der Waals surface area (Å²) in [6.45, 7) is 3.62. The van der Waals surface area contributed by atoms with Gasteiger partial charge in [-0.2, -0.15) is 0 Å². The monoisotopic (exact) mass is 655 g/mol. The fraction of sp³-hybridized carbons (Fsp3) is 0.382. The second-order valence-corrected chi connectivity index (χ2v) is 15.1. The largest absolute Gasteiger partial charge is 0.494 e. The van der Waals surface area contributed by atoms with Gasteiger partial charge in [-0.3, -0.25) is 0 Å². The Morgan fingerprint density at radius 2 is 1.78 bits per heavy atom. The van der Waals surface area contributed by atoms with Crippen LogP contribution in [-0.4, -0.2) is 70.4 Å². The third-order valence-electron chi connectivity index (χ3n) is 9.09. The van der Waals surface area contributed by atoms with Gasteiger partial charge in [-0.15, -0.1) is 21.5 Å². The number of aromatic carboxylic acids is 1. The first-order valence-corrected chi connectivity index (χ1v) is 17.1. The summed E-state index contributed by atoms with van der Waals surface area (Å²) in [4.78, 5) is 25.9. The first kappa shape index (κ1) is 30.5. The highest BCUT2D eigenvalue weighted by Crippen LogP contribution is 2.73. The van der Waals surface area contributed by atoms with Gasteiger partial charge in [-0.25, -0.2) is 14.8 Å². The number of aromatic nitrogens is 4. The average molecular weight is 656 g/mol. The first-order valence-electron chi connectivity index (χ1n) is 15.4. The Hall–Kier alpha value is -4.13. The average Bonchev–Trinajstić information content (AvgIpc) is 3.61. The molecule has 5 aromatic rings. The van der Waals surface area contributed by atoms with E-state index in [1.165, 1.54) is 42.7 Å². The summed E-state index contributed by atoms with van der Waals surface area (Å²) in [5.74, 6) is 0.991. The Morgan fingerprint density at radius 3 is 2.48 bits per heavy atom. The zero-order chi connectivity index (χ0) is 32.1. The van der Waals surface area contributed by atoms with E-state index < -0.39 is 5.97 Å². The molecule has 0 saturated heterocycles. The van der Waals surface area contributed by atoms with Gasteiger partial charge in [0.1, 0.15) is 5.75 Å². The molecule has 0 amide bonds. The van der Waals surface area contributed by atoms with Crippen molar-refractivity contribution in [3.63, 3.8) is 0 Å². The number of hydrogen-bond acceptors (Lipinski definition) is 11. The van der Waals surface area contributed by atoms with Crippen molar-refractivity contribution >= 4 is 60.8 Å². The summed E-state index contributed by atoms with van der Waals surface area (Å²) in [7, 11) is 6.14. The van der Waals surface area contributed by atoms with Gasteiger partial charge in [0.05, 0.1) is 16.8 Å². The molecule has 3 aliphatic carbocycles. The lowest BCUT2D eigenvalue weighted by molar-refractivity contribution is -0.151. The van der Waals surface area contributed by atoms with Crippen LogP contribution >= 0.6 is 22.7 Å². The van der Waals surface area contributed by atoms with Gasteiger partial charge in [0.2, 0.25) is 0 Å². The van der Waals surface area contributed by atoms with Crippen LogP contribution in [0.4, 0.5) is 21.9 Å². The molecule has 3 heterocycles. The first-order chi connectivity index (χ1) is 22.1. The van der Waals surface area contributed by atoms with Crippen molar-refractivity contribution in [2.75, 3.05) is 44.5 Å². The van der Waals surface area contributed by atoms with E-state index in [4.69, 9.17) is 4.74 Å². The van der Waals surface area contributed by atoms with Crippen LogP contribution in [0, 0.1) is 12.3 Å². The topological polar surface area (TPSA) is 117 Å². The predicted octanol–water partition coefficient (Wildman–Crippen LogP) is 7.06. The zero-order valence-corrected chi connectivity index (χ0v) is 28.0. The minimum atomic E-state index is -1.04. The molecule has 3 aromatic heterocycles. The van der Waals surface area contributed by atoms with E-state index in [0.717, 1.165) is 26.7 Å². The number of carboxylic acid groups (broad SMARTS) is 1. The van der Waals surface area contributed by atoms with Crippen molar-refractivity contribution in [3.8, 4) is 5.75 Å². The van der Waals surface area contributed by atoms with Crippen molar-refractivity contribution in [3.05, 3.63) is 76.3 Å². The molecule has 3 saturated carbocycles. The minimum Gasteiger partial charge on any atom is -0.494 e. The fourth-order valence-electron chi connectivity index (χ4n) is 7.17. The number of benzene rings is 2. The van der Waals surface area contributed by atoms with Gasteiger partial charge in [0.25, 0.3) is 0 Å². The zero-order valence-electron chi connectivity index (χ0n) is 26.4. The van der Waals surface area contributed by atoms with Crippen LogP contribution in [0.3, 0.4) is 0 Å². The predicted molar refractivity (Wildman–Crippen MR) is 184 cm³/mol. The van der Waals surface area contributed by atoms with Crippen LogP contribution in [0.15, 0.2) is 54.6 Å². The van der Waals surface area contributed by atoms with Crippen molar-refractivity contribution in [2.45, 2.75) is 44.4 Å². The van der Waals surface area contributed by atoms with E-state index in [0.29, 0.717) is 51.9 Å². The lowest BCUT2D eigenvalue weighted by Crippen LogP contribution is -2.67. The Morgan fingerprint density at radius 1 is 1.02 bits per heavy atom. The second kappa shape index (κ2) is 11.9. The van der Waals surface area contributed by atoms with Gasteiger partial charge < -0.3 is 25.0 Å². The van der Waals surface area contributed by atoms with Gasteiger partial charge in [0, 0.05) is 18.5 Å². The van der Waals surface area contributed by atoms with Crippen molar-refractivity contribution in [2.24, 2.45) is 5.41 Å². The Labute approximate surface area is 276 Å². The molecule has 0 radical (unpaired) electrons. The number of carboxylic acids is 1. The Balaban J connectivity index is 0.944. The Bertz CT molecular complexity index is 1850. The maximum atomic E-state index is 12.1. The fourth-order valence-corrected chi connectivity index (χ4v) is 9.10. The van der Waals surface area contributed by atoms with Crippen LogP contribution in [0.1, 0.15) is 52.2 Å². The SMILES string of the molecule is Cc1cc(N(C)c2nc(C(=O)O)c(CCCOc3ccc(C45CC(CN(C)C)(C4)C5)cc3)s2)nnc1Nc1nc2ccccc2s1. The van der Waals surface area contributed by atoms with Crippen LogP contribution < -0.4 is 15.0 Å². The van der Waals surface area contributed by atoms with E-state index in [9.17, 15) is 9.90 Å². The summed E-state index contributed by atoms with van der Waals surface area (Å²) < 4.78 is 7.12. The molecule has 0 unspecified atom stereocenters. The quantitative estimate of drug-likeness (QED) is 0.128. The summed E-state index contributed by atoms with van der Waals surface area (Å²) >= 11 is 2.91. The van der Waals surface area contributed by atoms with Crippen LogP contribution in [-0.2, 0) is 11.8 Å². The maximum Gasteiger partial charge on any atom is 0.355 e. The molecule has 2 N–H and O–H groups in total. The van der Waals surface area contributed by atoms with Crippen LogP contribution in [0.2, 0.25) is 0 Å². The number of thiazole rings is 2. The number of para-hydroxylation sites is 1. The number of aryl methyl sites for hydroxylation is 2. The standard InChI is InChI=1S/C34H37N7O3S2/c1-21-16-27(38-39-29(21)37-31-35-24-8-5-6-9-25(24)45-31)41(4)32-36-28(30(42)43)26(46-32)10-7-15-44-23-13-11-22(12-14-23)34-17-33(18-34,19-34)20-40(2)3/h5-6,8-9,11-14,16H,7,10,15,17-20H2,1-4H3,(H,42,43)(H,35,37,39). The van der Waals surface area contributed by atoms with Gasteiger partial charge >= 0.3 is 5.97 Å². The second-order valence-electron chi connectivity index (χ2n) is 13.0. The summed E-state index contributed by atoms with van der Waals surface area (Å²) in [6.07, 6.45) is 5.09. The highest BCUT2D eigenvalue weighted by Gasteiger charge is 2.67. The molecule has 0 atom stereocenters. The van der Waals surface area contributed by atoms with Crippen molar-refractivity contribution in [1.29, 1.82) is 0 Å². The normalized spacial score (nSPS) is 19.9. The van der Waals surface area contributed by atoms with E-state index >= 15 is 0 Å². The molecular weight excluding hydrogens is 619 g/mol. The van der Waals surface area contributed by atoms with Crippen molar-refractivity contribution < 1.29 is 14.6 Å². The molecule has 3 fully saturated rings. The molecule has 8 rings (SSSR count). The van der Waals surface area contributed by atoms with E-state index in [2.05, 4.69) is 68.7 Å². The van der Waals surface area contributed by atoms with E-state index in [1.54, 1.807) is 16.2 Å². The molecule has 2 bridgehead atoms. The number of ether oxygens (including phenoxy) is 1. The van der Waals surface area contributed by atoms with E-state index in [-0.39, 0.29) is 5.69 Å². The smallest absolute Gasteiger partial charge is 0.355 e. The number of anilines is 4. The number of carbonyl (C=O) groups is 1. The summed E-state index contributed by atoms with van der Waals surface area (Å²) in [5.41, 5.74) is 4.21. The minimum absolute atomic E-state index is 0.0700. The lowest BCUT2D eigenvalue weighted by atomic mass is 9.33. The lowest BCUT2D eigenvalue weighted by Gasteiger charge is -2.72. The molecule has 238 valence electrons. The third-order valence-corrected chi connectivity index (χ3v) is 11.2. The van der Waals surface area contributed by atoms with Gasteiger partial charge in [-0.05, 0) is 105 Å². The molecule has 46 heavy (non-hydrogen) atoms. The number of nitrogens with one attached hydrogen (secondary N) is 1. The summed E-state index contributed by atoms with van der Waals surface area (Å²) in [5, 5.41) is 23.2. The molecule has 3 aliphatic rings. The maximum absolute atomic E-state index is 12.1. The van der Waals surface area contributed by atoms with Crippen molar-refractivity contribution in [1.82, 2.24) is 25.1 Å². The van der Waals surface area contributed by atoms with Gasteiger partial charge in [0.15, 0.2) is 27.6 Å². The molecule has 2 aromatic carbocycles. The number of rotatable bonds is 13. The summed E-state index contributed by atoms with van der Waals surface area (Å²) in [6, 6.07) is 18.4. The highest BCUT2D eigenvalue weighted by atomic mass is 32.1.